The maximum Gasteiger partial charge on any atom is 0.270 e. The highest BCUT2D eigenvalue weighted by Gasteiger charge is 2.08. The van der Waals surface area contributed by atoms with E-state index in [1.54, 1.807) is 0 Å². The van der Waals surface area contributed by atoms with Crippen molar-refractivity contribution in [3.05, 3.63) is 12.2 Å². The normalized spacial score (nSPS) is 12.2. The minimum atomic E-state index is -3.51. The molecule has 0 radical (unpaired) electrons. The minimum Gasteiger partial charge on any atom is -0.354 e. The molecule has 0 heterocycles. The van der Waals surface area contributed by atoms with Crippen LogP contribution >= 0.6 is 0 Å². The van der Waals surface area contributed by atoms with Crippen molar-refractivity contribution in [2.24, 2.45) is 5.73 Å². The lowest BCUT2D eigenvalue weighted by atomic mass is 10.1. The molecule has 27 heavy (non-hydrogen) atoms. The molecule has 0 spiro atoms. The van der Waals surface area contributed by atoms with Gasteiger partial charge in [-0.1, -0.05) is 76.9 Å². The van der Waals surface area contributed by atoms with E-state index in [4.69, 9.17) is 10.5 Å². The van der Waals surface area contributed by atoms with Crippen LogP contribution in [0.25, 0.3) is 0 Å². The zero-order valence-corrected chi connectivity index (χ0v) is 18.3. The number of unbranched alkanes of at least 4 members (excludes halogenated alkanes) is 12. The minimum absolute atomic E-state index is 0.0667. The lowest BCUT2D eigenvalue weighted by Crippen LogP contribution is -2.19. The van der Waals surface area contributed by atoms with E-state index in [9.17, 15) is 8.42 Å². The van der Waals surface area contributed by atoms with Crippen molar-refractivity contribution in [3.63, 3.8) is 0 Å². The van der Waals surface area contributed by atoms with Crippen molar-refractivity contribution >= 4 is 10.1 Å². The van der Waals surface area contributed by atoms with Gasteiger partial charge < -0.3 is 10.5 Å². The highest BCUT2D eigenvalue weighted by molar-refractivity contribution is 7.86. The van der Waals surface area contributed by atoms with Gasteiger partial charge in [0.15, 0.2) is 6.79 Å². The first-order valence-corrected chi connectivity index (χ1v) is 12.5. The molecule has 5 nitrogen and oxygen atoms in total. The zero-order chi connectivity index (χ0) is 20.1. The Morgan fingerprint density at radius 2 is 1.30 bits per heavy atom. The van der Waals surface area contributed by atoms with E-state index in [0.717, 1.165) is 12.8 Å². The topological polar surface area (TPSA) is 78.6 Å². The van der Waals surface area contributed by atoms with Gasteiger partial charge in [-0.05, 0) is 32.1 Å². The van der Waals surface area contributed by atoms with Gasteiger partial charge in [0.05, 0.1) is 5.75 Å². The second-order valence-corrected chi connectivity index (χ2v) is 8.89. The summed E-state index contributed by atoms with van der Waals surface area (Å²) in [4.78, 5) is 0. The summed E-state index contributed by atoms with van der Waals surface area (Å²) in [6.07, 6.45) is 22.4. The number of nitrogens with two attached hydrogens (primary N) is 1. The summed E-state index contributed by atoms with van der Waals surface area (Å²) < 4.78 is 32.3. The first-order valence-electron chi connectivity index (χ1n) is 10.9. The summed E-state index contributed by atoms with van der Waals surface area (Å²) in [5.74, 6) is -0.162. The molecule has 0 fully saturated rings. The smallest absolute Gasteiger partial charge is 0.270 e. The first-order chi connectivity index (χ1) is 13.1. The standard InChI is InChI=1S/C21H43NO4S/c1-2-3-4-5-6-7-8-9-10-11-12-13-14-15-16-17-19-25-21-26-27(23,24)20-18-22/h9-10H,2-8,11-22H2,1H3/b10-9-. The fourth-order valence-corrected chi connectivity index (χ4v) is 3.44. The Kier molecular flexibility index (Phi) is 20.0. The highest BCUT2D eigenvalue weighted by atomic mass is 32.2. The van der Waals surface area contributed by atoms with Gasteiger partial charge in [-0.3, -0.25) is 0 Å². The predicted octanol–water partition coefficient (Wildman–Crippen LogP) is 5.30. The van der Waals surface area contributed by atoms with Crippen molar-refractivity contribution in [1.29, 1.82) is 0 Å². The van der Waals surface area contributed by atoms with Gasteiger partial charge in [0.2, 0.25) is 0 Å². The Labute approximate surface area is 168 Å². The maximum atomic E-state index is 11.2. The van der Waals surface area contributed by atoms with Crippen LogP contribution in [-0.2, 0) is 19.0 Å². The van der Waals surface area contributed by atoms with Gasteiger partial charge >= 0.3 is 0 Å². The molecule has 0 bridgehead atoms. The van der Waals surface area contributed by atoms with Crippen molar-refractivity contribution in [1.82, 2.24) is 0 Å². The quantitative estimate of drug-likeness (QED) is 0.121. The molecule has 0 saturated heterocycles. The monoisotopic (exact) mass is 405 g/mol. The Balaban J connectivity index is 3.19. The molecule has 0 aliphatic heterocycles. The summed E-state index contributed by atoms with van der Waals surface area (Å²) in [6, 6.07) is 0. The molecule has 0 aliphatic rings. The Bertz CT molecular complexity index is 424. The second-order valence-electron chi connectivity index (χ2n) is 7.13. The second kappa shape index (κ2) is 20.3. The van der Waals surface area contributed by atoms with E-state index in [1.807, 2.05) is 0 Å². The van der Waals surface area contributed by atoms with Crippen LogP contribution in [0.2, 0.25) is 0 Å². The summed E-state index contributed by atoms with van der Waals surface area (Å²) in [5, 5.41) is 0. The summed E-state index contributed by atoms with van der Waals surface area (Å²) in [6.45, 7) is 2.67. The fourth-order valence-electron chi connectivity index (χ4n) is 2.82. The Morgan fingerprint density at radius 3 is 1.85 bits per heavy atom. The number of allylic oxidation sites excluding steroid dienone is 2. The zero-order valence-electron chi connectivity index (χ0n) is 17.5. The molecular weight excluding hydrogens is 362 g/mol. The van der Waals surface area contributed by atoms with Gasteiger partial charge in [0.25, 0.3) is 10.1 Å². The third-order valence-corrected chi connectivity index (χ3v) is 5.67. The molecule has 6 heteroatoms. The van der Waals surface area contributed by atoms with E-state index < -0.39 is 10.1 Å². The largest absolute Gasteiger partial charge is 0.354 e. The molecule has 0 aromatic rings. The molecule has 0 unspecified atom stereocenters. The van der Waals surface area contributed by atoms with Crippen molar-refractivity contribution in [2.75, 3.05) is 25.7 Å². The molecule has 162 valence electrons. The lowest BCUT2D eigenvalue weighted by Gasteiger charge is -2.05. The number of hydrogen-bond acceptors (Lipinski definition) is 5. The van der Waals surface area contributed by atoms with Gasteiger partial charge in [0, 0.05) is 13.2 Å². The molecule has 2 N–H and O–H groups in total. The predicted molar refractivity (Wildman–Crippen MR) is 114 cm³/mol. The third-order valence-electron chi connectivity index (χ3n) is 4.48. The van der Waals surface area contributed by atoms with Crippen LogP contribution in [0.4, 0.5) is 0 Å². The van der Waals surface area contributed by atoms with Crippen LogP contribution in [0, 0.1) is 0 Å². The highest BCUT2D eigenvalue weighted by Crippen LogP contribution is 2.10. The molecule has 0 amide bonds. The van der Waals surface area contributed by atoms with Crippen LogP contribution in [0.5, 0.6) is 0 Å². The van der Waals surface area contributed by atoms with Crippen LogP contribution in [0.15, 0.2) is 12.2 Å². The molecule has 0 saturated carbocycles. The van der Waals surface area contributed by atoms with E-state index in [2.05, 4.69) is 23.3 Å². The van der Waals surface area contributed by atoms with E-state index in [1.165, 1.54) is 77.0 Å². The molecule has 0 aromatic carbocycles. The van der Waals surface area contributed by atoms with E-state index in [0.29, 0.717) is 6.61 Å². The number of rotatable bonds is 21. The van der Waals surface area contributed by atoms with Gasteiger partial charge in [-0.2, -0.15) is 8.42 Å². The maximum absolute atomic E-state index is 11.2. The molecule has 0 aliphatic carbocycles. The SMILES string of the molecule is CCCCCCCC/C=C\CCCCCCCCOCOS(=O)(=O)CCN. The molecule has 0 aromatic heterocycles. The van der Waals surface area contributed by atoms with Crippen molar-refractivity contribution in [2.45, 2.75) is 96.8 Å². The van der Waals surface area contributed by atoms with Crippen LogP contribution < -0.4 is 5.73 Å². The number of ether oxygens (including phenoxy) is 1. The average Bonchev–Trinajstić information content (AvgIpc) is 2.63. The van der Waals surface area contributed by atoms with Crippen molar-refractivity contribution < 1.29 is 17.3 Å². The molecular formula is C21H43NO4S. The van der Waals surface area contributed by atoms with E-state index in [-0.39, 0.29) is 19.1 Å². The summed E-state index contributed by atoms with van der Waals surface area (Å²) in [5.41, 5.74) is 5.19. The molecule has 0 rings (SSSR count). The summed E-state index contributed by atoms with van der Waals surface area (Å²) in [7, 11) is -3.51. The van der Waals surface area contributed by atoms with Gasteiger partial charge in [-0.15, -0.1) is 0 Å². The lowest BCUT2D eigenvalue weighted by molar-refractivity contribution is 0.0177. The molecule has 0 atom stereocenters. The van der Waals surface area contributed by atoms with Crippen LogP contribution in [0.3, 0.4) is 0 Å². The summed E-state index contributed by atoms with van der Waals surface area (Å²) >= 11 is 0. The van der Waals surface area contributed by atoms with Crippen LogP contribution in [-0.4, -0.2) is 34.1 Å². The third kappa shape index (κ3) is 21.7. The Hall–Kier alpha value is -0.430. The fraction of sp³-hybridized carbons (Fsp3) is 0.905. The van der Waals surface area contributed by atoms with Crippen molar-refractivity contribution in [3.8, 4) is 0 Å². The first kappa shape index (κ1) is 26.6. The van der Waals surface area contributed by atoms with Crippen LogP contribution in [0.1, 0.15) is 96.8 Å². The average molecular weight is 406 g/mol. The van der Waals surface area contributed by atoms with Gasteiger partial charge in [-0.25, -0.2) is 4.18 Å². The Morgan fingerprint density at radius 1 is 0.778 bits per heavy atom. The van der Waals surface area contributed by atoms with Gasteiger partial charge in [0.1, 0.15) is 0 Å². The van der Waals surface area contributed by atoms with E-state index >= 15 is 0 Å². The number of hydrogen-bond donors (Lipinski definition) is 1.